The van der Waals surface area contributed by atoms with Crippen molar-refractivity contribution >= 4 is 27.6 Å². The van der Waals surface area contributed by atoms with Crippen LogP contribution in [0.15, 0.2) is 41.2 Å². The Bertz CT molecular complexity index is 1430. The van der Waals surface area contributed by atoms with E-state index in [9.17, 15) is 4.79 Å². The molecule has 2 aromatic heterocycles. The summed E-state index contributed by atoms with van der Waals surface area (Å²) in [5.41, 5.74) is 8.16. The molecule has 0 aliphatic carbocycles. The molecule has 3 heterocycles. The number of rotatable bonds is 6. The zero-order valence-corrected chi connectivity index (χ0v) is 21.6. The van der Waals surface area contributed by atoms with Crippen LogP contribution in [0.1, 0.15) is 18.1 Å². The van der Waals surface area contributed by atoms with Crippen LogP contribution >= 0.6 is 0 Å². The van der Waals surface area contributed by atoms with Crippen molar-refractivity contribution in [3.05, 3.63) is 58.0 Å². The predicted octanol–water partition coefficient (Wildman–Crippen LogP) is 3.73. The molecule has 0 bridgehead atoms. The minimum atomic E-state index is -0.0772. The molecule has 0 spiro atoms. The molecule has 1 saturated heterocycles. The molecule has 0 saturated carbocycles. The van der Waals surface area contributed by atoms with E-state index in [1.807, 2.05) is 18.7 Å². The van der Waals surface area contributed by atoms with Gasteiger partial charge in [0.05, 0.1) is 22.2 Å². The standard InChI is InChI=1S/C28H36N6O/c1-6-20-16-19(2)24-23(17-20)29-25(26-27(24)34(28(35)30-26)15-10-31(3)4)21-8-7-9-22(18-21)33-13-11-32(5)12-14-33/h7-9,16-18H,6,10-15H2,1-5H3,(H,30,35). The maximum atomic E-state index is 13.2. The van der Waals surface area contributed by atoms with Crippen LogP contribution < -0.4 is 10.6 Å². The molecule has 1 aliphatic heterocycles. The third kappa shape index (κ3) is 4.46. The van der Waals surface area contributed by atoms with Gasteiger partial charge in [0.1, 0.15) is 0 Å². The van der Waals surface area contributed by atoms with E-state index in [0.29, 0.717) is 6.54 Å². The van der Waals surface area contributed by atoms with Crippen LogP contribution in [0.5, 0.6) is 0 Å². The number of likely N-dealkylation sites (N-methyl/N-ethyl adjacent to an activating group) is 2. The predicted molar refractivity (Wildman–Crippen MR) is 146 cm³/mol. The van der Waals surface area contributed by atoms with Gasteiger partial charge in [0, 0.05) is 55.9 Å². The Morgan fingerprint density at radius 2 is 1.86 bits per heavy atom. The molecule has 0 radical (unpaired) electrons. The number of piperazine rings is 1. The van der Waals surface area contributed by atoms with Crippen LogP contribution in [0.3, 0.4) is 0 Å². The van der Waals surface area contributed by atoms with Gasteiger partial charge in [-0.05, 0) is 63.8 Å². The van der Waals surface area contributed by atoms with Crippen molar-refractivity contribution in [1.82, 2.24) is 24.3 Å². The third-order valence-corrected chi connectivity index (χ3v) is 7.23. The maximum Gasteiger partial charge on any atom is 0.326 e. The Balaban J connectivity index is 1.73. The Labute approximate surface area is 207 Å². The molecule has 1 N–H and O–H groups in total. The lowest BCUT2D eigenvalue weighted by atomic mass is 10.00. The number of aryl methyl sites for hydroxylation is 2. The highest BCUT2D eigenvalue weighted by Crippen LogP contribution is 2.34. The Morgan fingerprint density at radius 1 is 1.09 bits per heavy atom. The summed E-state index contributed by atoms with van der Waals surface area (Å²) in [6.45, 7) is 9.85. The number of hydrogen-bond donors (Lipinski definition) is 1. The average Bonchev–Trinajstić information content (AvgIpc) is 3.18. The number of hydrogen-bond acceptors (Lipinski definition) is 5. The van der Waals surface area contributed by atoms with E-state index in [-0.39, 0.29) is 5.69 Å². The first-order chi connectivity index (χ1) is 16.9. The highest BCUT2D eigenvalue weighted by atomic mass is 16.1. The number of benzene rings is 2. The summed E-state index contributed by atoms with van der Waals surface area (Å²) in [6, 6.07) is 13.0. The van der Waals surface area contributed by atoms with Crippen LogP contribution in [-0.2, 0) is 13.0 Å². The van der Waals surface area contributed by atoms with Gasteiger partial charge >= 0.3 is 5.69 Å². The third-order valence-electron chi connectivity index (χ3n) is 7.23. The monoisotopic (exact) mass is 472 g/mol. The van der Waals surface area contributed by atoms with E-state index in [0.717, 1.165) is 77.9 Å². The number of pyridine rings is 1. The van der Waals surface area contributed by atoms with E-state index >= 15 is 0 Å². The largest absolute Gasteiger partial charge is 0.369 e. The maximum absolute atomic E-state index is 13.2. The van der Waals surface area contributed by atoms with Crippen molar-refractivity contribution < 1.29 is 0 Å². The number of H-pyrrole nitrogens is 1. The van der Waals surface area contributed by atoms with Gasteiger partial charge in [-0.15, -0.1) is 0 Å². The van der Waals surface area contributed by atoms with Crippen molar-refractivity contribution in [2.75, 3.05) is 58.8 Å². The molecule has 35 heavy (non-hydrogen) atoms. The second kappa shape index (κ2) is 9.47. The van der Waals surface area contributed by atoms with Crippen LogP contribution in [0.25, 0.3) is 33.2 Å². The second-order valence-corrected chi connectivity index (χ2v) is 10.1. The molecule has 0 atom stereocenters. The SMILES string of the molecule is CCc1cc(C)c2c(c1)nc(-c1cccc(N3CCN(C)CC3)c1)c1[nH]c(=O)n(CCN(C)C)c12. The first-order valence-electron chi connectivity index (χ1n) is 12.6. The summed E-state index contributed by atoms with van der Waals surface area (Å²) in [6.07, 6.45) is 0.950. The number of anilines is 1. The van der Waals surface area contributed by atoms with Gasteiger partial charge in [0.25, 0.3) is 0 Å². The number of nitrogens with one attached hydrogen (secondary N) is 1. The van der Waals surface area contributed by atoms with Gasteiger partial charge in [-0.1, -0.05) is 25.1 Å². The van der Waals surface area contributed by atoms with Crippen LogP contribution in [-0.4, -0.2) is 78.2 Å². The highest BCUT2D eigenvalue weighted by molar-refractivity contribution is 6.09. The minimum Gasteiger partial charge on any atom is -0.369 e. The quantitative estimate of drug-likeness (QED) is 0.463. The lowest BCUT2D eigenvalue weighted by Crippen LogP contribution is -2.44. The van der Waals surface area contributed by atoms with E-state index in [1.54, 1.807) is 0 Å². The Morgan fingerprint density at radius 3 is 2.57 bits per heavy atom. The van der Waals surface area contributed by atoms with Gasteiger partial charge in [-0.25, -0.2) is 9.78 Å². The van der Waals surface area contributed by atoms with Crippen molar-refractivity contribution in [1.29, 1.82) is 0 Å². The first-order valence-corrected chi connectivity index (χ1v) is 12.6. The molecule has 7 nitrogen and oxygen atoms in total. The molecular weight excluding hydrogens is 436 g/mol. The first kappa shape index (κ1) is 23.6. The average molecular weight is 473 g/mol. The Kier molecular flexibility index (Phi) is 6.38. The fraction of sp³-hybridized carbons (Fsp3) is 0.429. The topological polar surface area (TPSA) is 60.4 Å². The molecule has 0 unspecified atom stereocenters. The van der Waals surface area contributed by atoms with Gasteiger partial charge in [0.2, 0.25) is 0 Å². The summed E-state index contributed by atoms with van der Waals surface area (Å²) in [7, 11) is 6.24. The lowest BCUT2D eigenvalue weighted by molar-refractivity contribution is 0.313. The van der Waals surface area contributed by atoms with Crippen molar-refractivity contribution in [3.63, 3.8) is 0 Å². The second-order valence-electron chi connectivity index (χ2n) is 10.1. The summed E-state index contributed by atoms with van der Waals surface area (Å²) >= 11 is 0. The van der Waals surface area contributed by atoms with Crippen molar-refractivity contribution in [3.8, 4) is 11.3 Å². The summed E-state index contributed by atoms with van der Waals surface area (Å²) in [4.78, 5) is 28.5. The number of fused-ring (bicyclic) bond motifs is 3. The van der Waals surface area contributed by atoms with Crippen molar-refractivity contribution in [2.24, 2.45) is 0 Å². The fourth-order valence-corrected chi connectivity index (χ4v) is 5.16. The number of aromatic nitrogens is 3. The normalized spacial score (nSPS) is 15.1. The van der Waals surface area contributed by atoms with Crippen LogP contribution in [0.2, 0.25) is 0 Å². The lowest BCUT2D eigenvalue weighted by Gasteiger charge is -2.34. The molecule has 5 rings (SSSR count). The van der Waals surface area contributed by atoms with E-state index in [4.69, 9.17) is 4.98 Å². The molecule has 1 fully saturated rings. The smallest absolute Gasteiger partial charge is 0.326 e. The van der Waals surface area contributed by atoms with Crippen LogP contribution in [0, 0.1) is 6.92 Å². The summed E-state index contributed by atoms with van der Waals surface area (Å²) < 4.78 is 1.89. The van der Waals surface area contributed by atoms with E-state index < -0.39 is 0 Å². The molecule has 1 aliphatic rings. The van der Waals surface area contributed by atoms with Crippen LogP contribution in [0.4, 0.5) is 5.69 Å². The van der Waals surface area contributed by atoms with Gasteiger partial charge in [0.15, 0.2) is 0 Å². The highest BCUT2D eigenvalue weighted by Gasteiger charge is 2.20. The van der Waals surface area contributed by atoms with Gasteiger partial charge in [-0.3, -0.25) is 4.57 Å². The molecule has 7 heteroatoms. The summed E-state index contributed by atoms with van der Waals surface area (Å²) in [5.74, 6) is 0. The summed E-state index contributed by atoms with van der Waals surface area (Å²) in [5, 5.41) is 1.06. The van der Waals surface area contributed by atoms with E-state index in [2.05, 4.69) is 77.0 Å². The van der Waals surface area contributed by atoms with E-state index in [1.165, 1.54) is 11.3 Å². The fourth-order valence-electron chi connectivity index (χ4n) is 5.16. The van der Waals surface area contributed by atoms with Crippen molar-refractivity contribution in [2.45, 2.75) is 26.8 Å². The zero-order valence-electron chi connectivity index (χ0n) is 21.6. The minimum absolute atomic E-state index is 0.0772. The molecule has 0 amide bonds. The number of imidazole rings is 1. The molecular formula is C28H36N6O. The number of aromatic amines is 1. The molecule has 4 aromatic rings. The van der Waals surface area contributed by atoms with Gasteiger partial charge in [-0.2, -0.15) is 0 Å². The Hall–Kier alpha value is -3.16. The molecule has 2 aromatic carbocycles. The zero-order chi connectivity index (χ0) is 24.7. The molecule has 184 valence electrons. The number of nitrogens with zero attached hydrogens (tertiary/aromatic N) is 5. The van der Waals surface area contributed by atoms with Gasteiger partial charge < -0.3 is 19.7 Å².